The summed E-state index contributed by atoms with van der Waals surface area (Å²) in [6, 6.07) is 3.12. The Bertz CT molecular complexity index is 618. The van der Waals surface area contributed by atoms with Crippen molar-refractivity contribution in [1.29, 1.82) is 0 Å². The van der Waals surface area contributed by atoms with E-state index in [1.165, 1.54) is 6.07 Å². The smallest absolute Gasteiger partial charge is 0.410 e. The third kappa shape index (κ3) is 3.78. The second kappa shape index (κ2) is 5.99. The lowest BCUT2D eigenvalue weighted by molar-refractivity contribution is 0.0270. The fraction of sp³-hybridized carbons (Fsp3) is 0.471. The molecule has 0 bridgehead atoms. The molecular formula is C17H23FN2O2. The first kappa shape index (κ1) is 16.3. The lowest BCUT2D eigenvalue weighted by atomic mass is 9.95. The van der Waals surface area contributed by atoms with Crippen LogP contribution in [0.4, 0.5) is 14.9 Å². The molecule has 0 unspecified atom stereocenters. The highest BCUT2D eigenvalue weighted by Crippen LogP contribution is 2.28. The summed E-state index contributed by atoms with van der Waals surface area (Å²) < 4.78 is 19.0. The number of nitrogens with two attached hydrogens (primary N) is 1. The van der Waals surface area contributed by atoms with Crippen LogP contribution < -0.4 is 5.73 Å². The highest BCUT2D eigenvalue weighted by molar-refractivity contribution is 5.74. The molecule has 0 saturated carbocycles. The van der Waals surface area contributed by atoms with Crippen LogP contribution in [0.25, 0.3) is 5.57 Å². The molecule has 0 radical (unpaired) electrons. The van der Waals surface area contributed by atoms with E-state index in [9.17, 15) is 9.18 Å². The van der Waals surface area contributed by atoms with Gasteiger partial charge in [0, 0.05) is 13.1 Å². The van der Waals surface area contributed by atoms with Crippen molar-refractivity contribution in [1.82, 2.24) is 4.90 Å². The van der Waals surface area contributed by atoms with Gasteiger partial charge in [0.15, 0.2) is 0 Å². The number of hydrogen-bond donors (Lipinski definition) is 1. The maximum absolute atomic E-state index is 13.7. The van der Waals surface area contributed by atoms with Crippen LogP contribution in [-0.4, -0.2) is 29.7 Å². The predicted molar refractivity (Wildman–Crippen MR) is 86.0 cm³/mol. The summed E-state index contributed by atoms with van der Waals surface area (Å²) >= 11 is 0. The molecule has 1 aliphatic heterocycles. The van der Waals surface area contributed by atoms with Crippen LogP contribution in [0.3, 0.4) is 0 Å². The highest BCUT2D eigenvalue weighted by Gasteiger charge is 2.24. The van der Waals surface area contributed by atoms with Crippen molar-refractivity contribution in [2.24, 2.45) is 0 Å². The third-order valence-corrected chi connectivity index (χ3v) is 3.55. The first-order valence-corrected chi connectivity index (χ1v) is 7.40. The number of nitrogens with zero attached hydrogens (tertiary/aromatic N) is 1. The molecule has 1 heterocycles. The molecule has 0 aliphatic carbocycles. The average Bonchev–Trinajstić information content (AvgIpc) is 2.41. The lowest BCUT2D eigenvalue weighted by Crippen LogP contribution is -2.39. The molecule has 0 spiro atoms. The largest absolute Gasteiger partial charge is 0.444 e. The number of carbonyl (C=O) groups excluding carboxylic acids is 1. The zero-order chi connectivity index (χ0) is 16.5. The van der Waals surface area contributed by atoms with Crippen LogP contribution in [-0.2, 0) is 4.74 Å². The van der Waals surface area contributed by atoms with Crippen molar-refractivity contribution < 1.29 is 13.9 Å². The third-order valence-electron chi connectivity index (χ3n) is 3.55. The molecule has 1 amide bonds. The van der Waals surface area contributed by atoms with Gasteiger partial charge in [0.1, 0.15) is 11.4 Å². The van der Waals surface area contributed by atoms with Crippen molar-refractivity contribution in [3.63, 3.8) is 0 Å². The molecule has 5 heteroatoms. The second-order valence-corrected chi connectivity index (χ2v) is 6.59. The number of rotatable bonds is 1. The van der Waals surface area contributed by atoms with Crippen molar-refractivity contribution in [3.05, 3.63) is 35.2 Å². The molecule has 1 aliphatic rings. The Morgan fingerprint density at radius 1 is 1.36 bits per heavy atom. The van der Waals surface area contributed by atoms with E-state index in [4.69, 9.17) is 10.5 Å². The van der Waals surface area contributed by atoms with E-state index < -0.39 is 11.4 Å². The number of nitrogen functional groups attached to an aromatic ring is 1. The summed E-state index contributed by atoms with van der Waals surface area (Å²) in [6.45, 7) is 8.47. The van der Waals surface area contributed by atoms with Gasteiger partial charge in [-0.05, 0) is 62.9 Å². The number of amides is 1. The Kier molecular flexibility index (Phi) is 4.44. The topological polar surface area (TPSA) is 55.6 Å². The van der Waals surface area contributed by atoms with Crippen LogP contribution in [0, 0.1) is 12.7 Å². The van der Waals surface area contributed by atoms with Gasteiger partial charge in [-0.3, -0.25) is 0 Å². The molecular weight excluding hydrogens is 283 g/mol. The quantitative estimate of drug-likeness (QED) is 0.804. The monoisotopic (exact) mass is 306 g/mol. The van der Waals surface area contributed by atoms with Crippen LogP contribution >= 0.6 is 0 Å². The predicted octanol–water partition coefficient (Wildman–Crippen LogP) is 3.74. The molecule has 22 heavy (non-hydrogen) atoms. The Morgan fingerprint density at radius 3 is 2.59 bits per heavy atom. The van der Waals surface area contributed by atoms with Gasteiger partial charge < -0.3 is 15.4 Å². The zero-order valence-corrected chi connectivity index (χ0v) is 13.6. The summed E-state index contributed by atoms with van der Waals surface area (Å²) in [4.78, 5) is 13.7. The minimum Gasteiger partial charge on any atom is -0.444 e. The fourth-order valence-corrected chi connectivity index (χ4v) is 2.46. The normalized spacial score (nSPS) is 15.5. The number of aryl methyl sites for hydroxylation is 1. The van der Waals surface area contributed by atoms with E-state index in [0.717, 1.165) is 16.7 Å². The van der Waals surface area contributed by atoms with Gasteiger partial charge in [-0.2, -0.15) is 0 Å². The number of ether oxygens (including phenoxy) is 1. The van der Waals surface area contributed by atoms with Crippen molar-refractivity contribution in [3.8, 4) is 0 Å². The molecule has 0 aromatic heterocycles. The maximum Gasteiger partial charge on any atom is 0.410 e. The van der Waals surface area contributed by atoms with Crippen molar-refractivity contribution in [2.45, 2.75) is 39.7 Å². The van der Waals surface area contributed by atoms with Gasteiger partial charge in [-0.25, -0.2) is 9.18 Å². The summed E-state index contributed by atoms with van der Waals surface area (Å²) in [5, 5.41) is 0. The van der Waals surface area contributed by atoms with E-state index in [-0.39, 0.29) is 11.8 Å². The number of halogens is 1. The van der Waals surface area contributed by atoms with Gasteiger partial charge in [-0.1, -0.05) is 6.08 Å². The molecule has 0 saturated heterocycles. The molecule has 1 aromatic carbocycles. The molecule has 2 rings (SSSR count). The van der Waals surface area contributed by atoms with Crippen LogP contribution in [0.1, 0.15) is 38.3 Å². The minimum absolute atomic E-state index is 0.160. The zero-order valence-electron chi connectivity index (χ0n) is 13.6. The van der Waals surface area contributed by atoms with Gasteiger partial charge >= 0.3 is 6.09 Å². The van der Waals surface area contributed by atoms with Gasteiger partial charge in [0.25, 0.3) is 0 Å². The van der Waals surface area contributed by atoms with E-state index in [2.05, 4.69) is 0 Å². The Balaban J connectivity index is 2.12. The summed E-state index contributed by atoms with van der Waals surface area (Å²) in [5.74, 6) is -0.406. The minimum atomic E-state index is -0.502. The highest BCUT2D eigenvalue weighted by atomic mass is 19.1. The number of hydrogen-bond acceptors (Lipinski definition) is 3. The van der Waals surface area contributed by atoms with Crippen molar-refractivity contribution >= 4 is 17.4 Å². The van der Waals surface area contributed by atoms with Crippen molar-refractivity contribution in [2.75, 3.05) is 18.8 Å². The first-order chi connectivity index (χ1) is 10.2. The van der Waals surface area contributed by atoms with Gasteiger partial charge in [0.2, 0.25) is 0 Å². The van der Waals surface area contributed by atoms with E-state index in [0.29, 0.717) is 19.5 Å². The first-order valence-electron chi connectivity index (χ1n) is 7.40. The van der Waals surface area contributed by atoms with Crippen LogP contribution in [0.5, 0.6) is 0 Å². The average molecular weight is 306 g/mol. The number of carbonyl (C=O) groups is 1. The molecule has 120 valence electrons. The Morgan fingerprint density at radius 2 is 2.05 bits per heavy atom. The second-order valence-electron chi connectivity index (χ2n) is 6.59. The van der Waals surface area contributed by atoms with E-state index in [1.54, 1.807) is 11.0 Å². The SMILES string of the molecule is Cc1cc(N)c(F)cc1C1=CCN(C(=O)OC(C)(C)C)CC1. The summed E-state index contributed by atoms with van der Waals surface area (Å²) in [5.41, 5.74) is 8.07. The molecule has 2 N–H and O–H groups in total. The number of benzene rings is 1. The van der Waals surface area contributed by atoms with Gasteiger partial charge in [-0.15, -0.1) is 0 Å². The number of anilines is 1. The van der Waals surface area contributed by atoms with E-state index >= 15 is 0 Å². The maximum atomic E-state index is 13.7. The summed E-state index contributed by atoms with van der Waals surface area (Å²) in [7, 11) is 0. The summed E-state index contributed by atoms with van der Waals surface area (Å²) in [6.07, 6.45) is 2.30. The molecule has 0 atom stereocenters. The Labute approximate surface area is 130 Å². The van der Waals surface area contributed by atoms with Crippen LogP contribution in [0.15, 0.2) is 18.2 Å². The van der Waals surface area contributed by atoms with E-state index in [1.807, 2.05) is 33.8 Å². The molecule has 1 aromatic rings. The Hall–Kier alpha value is -2.04. The standard InChI is InChI=1S/C17H23FN2O2/c1-11-9-15(19)14(18)10-13(11)12-5-7-20(8-6-12)16(21)22-17(2,3)4/h5,9-10H,6-8,19H2,1-4H3. The lowest BCUT2D eigenvalue weighted by Gasteiger charge is -2.30. The fourth-order valence-electron chi connectivity index (χ4n) is 2.46. The van der Waals surface area contributed by atoms with Gasteiger partial charge in [0.05, 0.1) is 5.69 Å². The van der Waals surface area contributed by atoms with Crippen LogP contribution in [0.2, 0.25) is 0 Å². The molecule has 0 fully saturated rings. The molecule has 4 nitrogen and oxygen atoms in total.